The molecule has 2 amide bonds. The molecule has 2 aliphatic heterocycles. The predicted octanol–water partition coefficient (Wildman–Crippen LogP) is 0.908. The lowest BCUT2D eigenvalue weighted by Crippen LogP contribution is -2.48. The molecule has 24 heavy (non-hydrogen) atoms. The van der Waals surface area contributed by atoms with E-state index in [1.807, 2.05) is 37.4 Å². The van der Waals surface area contributed by atoms with Gasteiger partial charge in [-0.05, 0) is 39.1 Å². The fourth-order valence-electron chi connectivity index (χ4n) is 3.81. The van der Waals surface area contributed by atoms with Gasteiger partial charge in [0.15, 0.2) is 0 Å². The molecule has 1 aromatic rings. The number of carbonyl (C=O) groups excluding carboxylic acids is 2. The fourth-order valence-corrected chi connectivity index (χ4v) is 3.81. The summed E-state index contributed by atoms with van der Waals surface area (Å²) in [6.07, 6.45) is 2.19. The first-order valence-electron chi connectivity index (χ1n) is 8.61. The molecule has 2 saturated heterocycles. The number of likely N-dealkylation sites (N-methyl/N-ethyl adjacent to an activating group) is 2. The normalized spacial score (nSPS) is 28.1. The van der Waals surface area contributed by atoms with Crippen LogP contribution in [0.2, 0.25) is 0 Å². The van der Waals surface area contributed by atoms with E-state index in [1.165, 1.54) is 0 Å². The molecule has 2 heterocycles. The van der Waals surface area contributed by atoms with E-state index in [-0.39, 0.29) is 29.9 Å². The van der Waals surface area contributed by atoms with Gasteiger partial charge in [0.05, 0.1) is 0 Å². The van der Waals surface area contributed by atoms with E-state index in [2.05, 4.69) is 27.5 Å². The molecular weight excluding hydrogens is 304 g/mol. The van der Waals surface area contributed by atoms with Gasteiger partial charge in [-0.1, -0.05) is 18.2 Å². The average Bonchev–Trinajstić information content (AvgIpc) is 2.91. The molecule has 2 fully saturated rings. The number of carbonyl (C=O) groups is 2. The van der Waals surface area contributed by atoms with Gasteiger partial charge >= 0.3 is 0 Å². The van der Waals surface area contributed by atoms with Gasteiger partial charge in [0.25, 0.3) is 0 Å². The third kappa shape index (κ3) is 3.60. The minimum Gasteiger partial charge on any atom is -0.353 e. The number of nitrogens with zero attached hydrogens (tertiary/aromatic N) is 2. The lowest BCUT2D eigenvalue weighted by molar-refractivity contribution is -0.125. The quantitative estimate of drug-likeness (QED) is 0.861. The van der Waals surface area contributed by atoms with Crippen LogP contribution >= 0.6 is 0 Å². The standard InChI is InChI=1S/C18H26N4O2/c1-21-11-10-15-17(21)18(24)19-12-14(22(15)2)8-9-16(23)20-13-6-4-3-5-7-13/h3-7,14-15,17H,8-12H2,1-2H3,(H,19,24)(H,20,23)/t14-,15+,17-/m0/s1. The number of hydrogen-bond donors (Lipinski definition) is 2. The summed E-state index contributed by atoms with van der Waals surface area (Å²) in [7, 11) is 4.09. The molecule has 0 radical (unpaired) electrons. The zero-order valence-electron chi connectivity index (χ0n) is 14.4. The average molecular weight is 330 g/mol. The highest BCUT2D eigenvalue weighted by molar-refractivity contribution is 5.90. The van der Waals surface area contributed by atoms with Crippen LogP contribution in [-0.2, 0) is 9.59 Å². The summed E-state index contributed by atoms with van der Waals surface area (Å²) < 4.78 is 0. The van der Waals surface area contributed by atoms with Crippen LogP contribution < -0.4 is 10.6 Å². The van der Waals surface area contributed by atoms with Gasteiger partial charge in [-0.25, -0.2) is 0 Å². The van der Waals surface area contributed by atoms with Gasteiger partial charge in [-0.15, -0.1) is 0 Å². The van der Waals surface area contributed by atoms with Gasteiger partial charge in [0.2, 0.25) is 11.8 Å². The Kier molecular flexibility index (Phi) is 5.16. The molecule has 3 rings (SSSR count). The van der Waals surface area contributed by atoms with E-state index in [0.29, 0.717) is 13.0 Å². The largest absolute Gasteiger partial charge is 0.353 e. The highest BCUT2D eigenvalue weighted by atomic mass is 16.2. The Morgan fingerprint density at radius 3 is 2.79 bits per heavy atom. The van der Waals surface area contributed by atoms with Crippen LogP contribution in [0.3, 0.4) is 0 Å². The van der Waals surface area contributed by atoms with Crippen LogP contribution in [0.1, 0.15) is 19.3 Å². The van der Waals surface area contributed by atoms with E-state index in [1.54, 1.807) is 0 Å². The number of nitrogens with one attached hydrogen (secondary N) is 2. The monoisotopic (exact) mass is 330 g/mol. The summed E-state index contributed by atoms with van der Waals surface area (Å²) in [5, 5.41) is 5.97. The maximum Gasteiger partial charge on any atom is 0.239 e. The first-order valence-corrected chi connectivity index (χ1v) is 8.61. The summed E-state index contributed by atoms with van der Waals surface area (Å²) in [5.74, 6) is 0.133. The number of hydrogen-bond acceptors (Lipinski definition) is 4. The van der Waals surface area contributed by atoms with Crippen LogP contribution in [0, 0.1) is 0 Å². The summed E-state index contributed by atoms with van der Waals surface area (Å²) in [4.78, 5) is 28.9. The molecule has 0 aliphatic carbocycles. The Morgan fingerprint density at radius 1 is 1.29 bits per heavy atom. The Balaban J connectivity index is 1.57. The van der Waals surface area contributed by atoms with Crippen LogP contribution in [0.4, 0.5) is 5.69 Å². The third-order valence-electron chi connectivity index (χ3n) is 5.26. The molecule has 0 aromatic heterocycles. The second kappa shape index (κ2) is 7.32. The molecular formula is C18H26N4O2. The van der Waals surface area contributed by atoms with Crippen molar-refractivity contribution in [3.63, 3.8) is 0 Å². The molecule has 0 spiro atoms. The fraction of sp³-hybridized carbons (Fsp3) is 0.556. The number of rotatable bonds is 4. The highest BCUT2D eigenvalue weighted by Crippen LogP contribution is 2.25. The number of amides is 2. The van der Waals surface area contributed by atoms with Gasteiger partial charge in [-0.2, -0.15) is 0 Å². The molecule has 0 saturated carbocycles. The zero-order valence-corrected chi connectivity index (χ0v) is 14.4. The molecule has 130 valence electrons. The molecule has 0 bridgehead atoms. The summed E-state index contributed by atoms with van der Waals surface area (Å²) in [6.45, 7) is 1.54. The molecule has 6 heteroatoms. The van der Waals surface area contributed by atoms with Gasteiger partial charge in [0.1, 0.15) is 6.04 Å². The molecule has 2 aliphatic rings. The van der Waals surface area contributed by atoms with Crippen molar-refractivity contribution in [3.05, 3.63) is 30.3 Å². The minimum absolute atomic E-state index is 0.0188. The van der Waals surface area contributed by atoms with Gasteiger partial charge in [-0.3, -0.25) is 19.4 Å². The molecule has 3 atom stereocenters. The first kappa shape index (κ1) is 16.9. The van der Waals surface area contributed by atoms with E-state index in [0.717, 1.165) is 25.1 Å². The highest BCUT2D eigenvalue weighted by Gasteiger charge is 2.43. The Bertz CT molecular complexity index is 592. The molecule has 2 N–H and O–H groups in total. The van der Waals surface area contributed by atoms with Crippen LogP contribution in [0.15, 0.2) is 30.3 Å². The van der Waals surface area contributed by atoms with Crippen molar-refractivity contribution < 1.29 is 9.59 Å². The third-order valence-corrected chi connectivity index (χ3v) is 5.26. The lowest BCUT2D eigenvalue weighted by Gasteiger charge is -2.32. The van der Waals surface area contributed by atoms with Crippen LogP contribution in [-0.4, -0.2) is 66.9 Å². The summed E-state index contributed by atoms with van der Waals surface area (Å²) in [5.41, 5.74) is 0.822. The van der Waals surface area contributed by atoms with Crippen LogP contribution in [0.5, 0.6) is 0 Å². The van der Waals surface area contributed by atoms with Crippen molar-refractivity contribution in [2.24, 2.45) is 0 Å². The number of para-hydroxylation sites is 1. The van der Waals surface area contributed by atoms with Crippen molar-refractivity contribution in [1.82, 2.24) is 15.1 Å². The van der Waals surface area contributed by atoms with Crippen molar-refractivity contribution in [2.75, 3.05) is 32.5 Å². The minimum atomic E-state index is -0.0712. The Hall–Kier alpha value is -1.92. The molecule has 1 aromatic carbocycles. The van der Waals surface area contributed by atoms with Crippen molar-refractivity contribution in [1.29, 1.82) is 0 Å². The number of likely N-dealkylation sites (tertiary alicyclic amines) is 1. The number of benzene rings is 1. The number of anilines is 1. The topological polar surface area (TPSA) is 64.7 Å². The smallest absolute Gasteiger partial charge is 0.239 e. The lowest BCUT2D eigenvalue weighted by atomic mass is 10.0. The van der Waals surface area contributed by atoms with Crippen molar-refractivity contribution >= 4 is 17.5 Å². The molecule has 0 unspecified atom stereocenters. The Labute approximate surface area is 143 Å². The van der Waals surface area contributed by atoms with Crippen molar-refractivity contribution in [2.45, 2.75) is 37.4 Å². The first-order chi connectivity index (χ1) is 11.6. The van der Waals surface area contributed by atoms with Gasteiger partial charge < -0.3 is 10.6 Å². The van der Waals surface area contributed by atoms with Gasteiger partial charge in [0, 0.05) is 37.3 Å². The Morgan fingerprint density at radius 2 is 2.04 bits per heavy atom. The summed E-state index contributed by atoms with van der Waals surface area (Å²) >= 11 is 0. The van der Waals surface area contributed by atoms with E-state index in [4.69, 9.17) is 0 Å². The predicted molar refractivity (Wildman–Crippen MR) is 93.7 cm³/mol. The summed E-state index contributed by atoms with van der Waals surface area (Å²) in [6, 6.07) is 9.86. The second-order valence-corrected chi connectivity index (χ2v) is 6.80. The van der Waals surface area contributed by atoms with Crippen LogP contribution in [0.25, 0.3) is 0 Å². The maximum atomic E-state index is 12.3. The SMILES string of the molecule is CN1CC[C@@H]2[C@H]1C(=O)NC[C@H](CCC(=O)Nc1ccccc1)N2C. The number of fused-ring (bicyclic) bond motifs is 1. The van der Waals surface area contributed by atoms with Crippen molar-refractivity contribution in [3.8, 4) is 0 Å². The zero-order chi connectivity index (χ0) is 17.1. The van der Waals surface area contributed by atoms with E-state index >= 15 is 0 Å². The molecule has 6 nitrogen and oxygen atoms in total. The van der Waals surface area contributed by atoms with E-state index in [9.17, 15) is 9.59 Å². The second-order valence-electron chi connectivity index (χ2n) is 6.80. The van der Waals surface area contributed by atoms with E-state index < -0.39 is 0 Å². The maximum absolute atomic E-state index is 12.3.